The van der Waals surface area contributed by atoms with Gasteiger partial charge in [-0.15, -0.1) is 0 Å². The SMILES string of the molecule is c1ccc(COc2ccc3c(c2)[C@@H](c2ccc4ccccc4c2)CNC3C(OCCC2CCCCN2)c2ccccc2)cc1. The van der Waals surface area contributed by atoms with E-state index in [-0.39, 0.29) is 18.1 Å². The molecule has 0 spiro atoms. The maximum atomic E-state index is 6.83. The number of fused-ring (bicyclic) bond motifs is 2. The molecule has 0 saturated carbocycles. The number of hydrogen-bond acceptors (Lipinski definition) is 4. The van der Waals surface area contributed by atoms with E-state index in [0.717, 1.165) is 31.9 Å². The summed E-state index contributed by atoms with van der Waals surface area (Å²) in [6.45, 7) is 3.23. The van der Waals surface area contributed by atoms with E-state index in [1.807, 2.05) is 6.07 Å². The first kappa shape index (κ1) is 28.8. The highest BCUT2D eigenvalue weighted by molar-refractivity contribution is 5.83. The lowest BCUT2D eigenvalue weighted by Crippen LogP contribution is -2.38. The molecule has 1 saturated heterocycles. The second-order valence-electron chi connectivity index (χ2n) is 12.2. The van der Waals surface area contributed by atoms with Crippen LogP contribution in [0.3, 0.4) is 0 Å². The molecule has 224 valence electrons. The fraction of sp³-hybridized carbons (Fsp3) is 0.300. The van der Waals surface area contributed by atoms with E-state index in [1.165, 1.54) is 57.9 Å². The average Bonchev–Trinajstić information content (AvgIpc) is 3.10. The van der Waals surface area contributed by atoms with E-state index < -0.39 is 0 Å². The molecule has 2 aliphatic rings. The van der Waals surface area contributed by atoms with Crippen LogP contribution in [0.5, 0.6) is 5.75 Å². The molecule has 0 aromatic heterocycles. The standard InChI is InChI=1S/C40H42N2O2/c1-3-11-29(12-4-1)28-44-35-20-21-36-37(26-35)38(33-19-18-30-13-7-8-16-32(30)25-33)27-42-39(36)40(31-14-5-2-6-15-31)43-24-22-34-17-9-10-23-41-34/h1-8,11-16,18-21,25-26,34,38-42H,9-10,17,22-24,27-28H2/t34?,38-,39?,40?/m1/s1. The van der Waals surface area contributed by atoms with Gasteiger partial charge >= 0.3 is 0 Å². The zero-order valence-electron chi connectivity index (χ0n) is 25.3. The summed E-state index contributed by atoms with van der Waals surface area (Å²) < 4.78 is 13.2. The highest BCUT2D eigenvalue weighted by atomic mass is 16.5. The smallest absolute Gasteiger partial charge is 0.120 e. The van der Waals surface area contributed by atoms with E-state index in [0.29, 0.717) is 12.6 Å². The highest BCUT2D eigenvalue weighted by Gasteiger charge is 2.34. The minimum Gasteiger partial charge on any atom is -0.489 e. The third-order valence-electron chi connectivity index (χ3n) is 9.34. The van der Waals surface area contributed by atoms with Crippen molar-refractivity contribution in [1.82, 2.24) is 10.6 Å². The van der Waals surface area contributed by atoms with Crippen LogP contribution in [0.2, 0.25) is 0 Å². The molecule has 2 N–H and O–H groups in total. The molecule has 5 aromatic carbocycles. The van der Waals surface area contributed by atoms with Crippen LogP contribution in [-0.4, -0.2) is 25.7 Å². The molecule has 0 amide bonds. The second-order valence-corrected chi connectivity index (χ2v) is 12.2. The minimum atomic E-state index is -0.0906. The molecule has 4 heteroatoms. The predicted molar refractivity (Wildman–Crippen MR) is 179 cm³/mol. The lowest BCUT2D eigenvalue weighted by molar-refractivity contribution is 0.0162. The summed E-state index contributed by atoms with van der Waals surface area (Å²) in [5.74, 6) is 1.11. The second kappa shape index (κ2) is 13.8. The van der Waals surface area contributed by atoms with Crippen LogP contribution in [0.25, 0.3) is 10.8 Å². The van der Waals surface area contributed by atoms with Crippen LogP contribution >= 0.6 is 0 Å². The van der Waals surface area contributed by atoms with Gasteiger partial charge in [0.05, 0.1) is 6.04 Å². The summed E-state index contributed by atoms with van der Waals surface area (Å²) in [6.07, 6.45) is 4.77. The van der Waals surface area contributed by atoms with Crippen molar-refractivity contribution in [3.8, 4) is 5.75 Å². The Bertz CT molecular complexity index is 1650. The lowest BCUT2D eigenvalue weighted by atomic mass is 9.79. The van der Waals surface area contributed by atoms with Crippen molar-refractivity contribution in [2.75, 3.05) is 19.7 Å². The summed E-state index contributed by atoms with van der Waals surface area (Å²) in [4.78, 5) is 0. The van der Waals surface area contributed by atoms with Crippen molar-refractivity contribution in [3.63, 3.8) is 0 Å². The number of benzene rings is 5. The molecule has 0 radical (unpaired) electrons. The molecule has 5 aromatic rings. The van der Waals surface area contributed by atoms with Crippen LogP contribution in [-0.2, 0) is 11.3 Å². The molecule has 4 atom stereocenters. The Balaban J connectivity index is 1.22. The molecule has 0 aliphatic carbocycles. The van der Waals surface area contributed by atoms with Gasteiger partial charge in [0.2, 0.25) is 0 Å². The van der Waals surface area contributed by atoms with Crippen molar-refractivity contribution >= 4 is 10.8 Å². The summed E-state index contributed by atoms with van der Waals surface area (Å²) in [5, 5.41) is 10.2. The van der Waals surface area contributed by atoms with Gasteiger partial charge in [-0.3, -0.25) is 0 Å². The van der Waals surface area contributed by atoms with Gasteiger partial charge in [0.15, 0.2) is 0 Å². The molecule has 4 nitrogen and oxygen atoms in total. The molecule has 7 rings (SSSR count). The van der Waals surface area contributed by atoms with Gasteiger partial charge in [0.1, 0.15) is 18.5 Å². The number of rotatable bonds is 10. The third-order valence-corrected chi connectivity index (χ3v) is 9.34. The Kier molecular flexibility index (Phi) is 9.01. The number of ether oxygens (including phenoxy) is 2. The zero-order valence-corrected chi connectivity index (χ0v) is 25.3. The molecule has 2 heterocycles. The minimum absolute atomic E-state index is 0.0339. The van der Waals surface area contributed by atoms with E-state index in [9.17, 15) is 0 Å². The maximum absolute atomic E-state index is 6.83. The quantitative estimate of drug-likeness (QED) is 0.173. The van der Waals surface area contributed by atoms with E-state index in [4.69, 9.17) is 9.47 Å². The summed E-state index contributed by atoms with van der Waals surface area (Å²) in [5.41, 5.74) is 6.29. The first-order chi connectivity index (χ1) is 21.8. The lowest BCUT2D eigenvalue weighted by Gasteiger charge is -2.38. The Hall–Kier alpha value is -3.96. The molecule has 1 fully saturated rings. The number of piperidine rings is 1. The van der Waals surface area contributed by atoms with Crippen LogP contribution < -0.4 is 15.4 Å². The maximum Gasteiger partial charge on any atom is 0.120 e. The highest BCUT2D eigenvalue weighted by Crippen LogP contribution is 2.43. The van der Waals surface area contributed by atoms with Gasteiger partial charge in [0, 0.05) is 25.1 Å². The Morgan fingerprint density at radius 2 is 1.50 bits per heavy atom. The molecule has 44 heavy (non-hydrogen) atoms. The van der Waals surface area contributed by atoms with E-state index in [1.54, 1.807) is 0 Å². The van der Waals surface area contributed by atoms with Gasteiger partial charge in [-0.1, -0.05) is 116 Å². The van der Waals surface area contributed by atoms with Gasteiger partial charge < -0.3 is 20.1 Å². The first-order valence-corrected chi connectivity index (χ1v) is 16.2. The van der Waals surface area contributed by atoms with Crippen molar-refractivity contribution in [2.24, 2.45) is 0 Å². The average molecular weight is 583 g/mol. The molecular formula is C40H42N2O2. The third kappa shape index (κ3) is 6.58. The van der Waals surface area contributed by atoms with Gasteiger partial charge in [-0.2, -0.15) is 0 Å². The fourth-order valence-corrected chi connectivity index (χ4v) is 6.96. The van der Waals surface area contributed by atoms with Crippen LogP contribution in [0.4, 0.5) is 0 Å². The predicted octanol–water partition coefficient (Wildman–Crippen LogP) is 8.49. The van der Waals surface area contributed by atoms with Crippen molar-refractivity contribution < 1.29 is 9.47 Å². The number of nitrogens with one attached hydrogen (secondary N) is 2. The van der Waals surface area contributed by atoms with Crippen molar-refractivity contribution in [2.45, 2.75) is 56.4 Å². The summed E-state index contributed by atoms with van der Waals surface area (Å²) in [6, 6.07) is 43.9. The van der Waals surface area contributed by atoms with Crippen molar-refractivity contribution in [1.29, 1.82) is 0 Å². The first-order valence-electron chi connectivity index (χ1n) is 16.2. The summed E-state index contributed by atoms with van der Waals surface area (Å²) in [7, 11) is 0. The largest absolute Gasteiger partial charge is 0.489 e. The van der Waals surface area contributed by atoms with E-state index in [2.05, 4.69) is 126 Å². The Labute approximate surface area is 261 Å². The Morgan fingerprint density at radius 3 is 2.32 bits per heavy atom. The monoisotopic (exact) mass is 582 g/mol. The van der Waals surface area contributed by atoms with E-state index >= 15 is 0 Å². The number of hydrogen-bond donors (Lipinski definition) is 2. The summed E-state index contributed by atoms with van der Waals surface area (Å²) >= 11 is 0. The van der Waals surface area contributed by atoms with Gasteiger partial charge in [0.25, 0.3) is 0 Å². The zero-order chi connectivity index (χ0) is 29.6. The molecular weight excluding hydrogens is 540 g/mol. The van der Waals surface area contributed by atoms with Crippen LogP contribution in [0, 0.1) is 0 Å². The molecule has 0 bridgehead atoms. The van der Waals surface area contributed by atoms with Crippen LogP contribution in [0.15, 0.2) is 121 Å². The van der Waals surface area contributed by atoms with Gasteiger partial charge in [-0.05, 0) is 76.5 Å². The van der Waals surface area contributed by atoms with Crippen LogP contribution in [0.1, 0.15) is 71.6 Å². The Morgan fingerprint density at radius 1 is 0.705 bits per heavy atom. The molecule has 3 unspecified atom stereocenters. The topological polar surface area (TPSA) is 42.5 Å². The van der Waals surface area contributed by atoms with Crippen molar-refractivity contribution in [3.05, 3.63) is 149 Å². The molecule has 2 aliphatic heterocycles. The normalized spacial score (nSPS) is 20.6. The fourth-order valence-electron chi connectivity index (χ4n) is 6.96. The van der Waals surface area contributed by atoms with Gasteiger partial charge in [-0.25, -0.2) is 0 Å².